The van der Waals surface area contributed by atoms with Gasteiger partial charge < -0.3 is 4.74 Å². The van der Waals surface area contributed by atoms with Crippen LogP contribution in [0.25, 0.3) is 0 Å². The number of rotatable bonds is 1. The normalized spacial score (nSPS) is 8.40. The molecule has 0 amide bonds. The van der Waals surface area contributed by atoms with E-state index < -0.39 is 0 Å². The van der Waals surface area contributed by atoms with Crippen LogP contribution < -0.4 is 4.74 Å². The zero-order valence-corrected chi connectivity index (χ0v) is 6.63. The molecule has 0 saturated heterocycles. The van der Waals surface area contributed by atoms with Gasteiger partial charge in [0.05, 0.1) is 0 Å². The number of benzene rings is 1. The van der Waals surface area contributed by atoms with Crippen molar-refractivity contribution in [3.63, 3.8) is 0 Å². The summed E-state index contributed by atoms with van der Waals surface area (Å²) in [4.78, 5) is 0. The Bertz CT molecular complexity index is 267. The molecule has 0 aliphatic carbocycles. The fourth-order valence-corrected chi connectivity index (χ4v) is 0.961. The molecule has 0 saturated carbocycles. The predicted octanol–water partition coefficient (Wildman–Crippen LogP) is 2.31. The van der Waals surface area contributed by atoms with Crippen LogP contribution in [0.4, 0.5) is 0 Å². The van der Waals surface area contributed by atoms with Gasteiger partial charge in [0.1, 0.15) is 5.75 Å². The van der Waals surface area contributed by atoms with Gasteiger partial charge in [0.15, 0.2) is 0 Å². The van der Waals surface area contributed by atoms with E-state index in [0.717, 1.165) is 4.47 Å². The molecule has 0 unspecified atom stereocenters. The largest absolute Gasteiger partial charge is 0.388 e. The van der Waals surface area contributed by atoms with Crippen LogP contribution in [0, 0.1) is 11.5 Å². The van der Waals surface area contributed by atoms with Gasteiger partial charge in [-0.15, -0.1) is 5.26 Å². The molecule has 1 aromatic rings. The summed E-state index contributed by atoms with van der Waals surface area (Å²) in [6.45, 7) is 0. The highest BCUT2D eigenvalue weighted by molar-refractivity contribution is 9.10. The van der Waals surface area contributed by atoms with Crippen LogP contribution in [-0.4, -0.2) is 0 Å². The van der Waals surface area contributed by atoms with Gasteiger partial charge in [-0.2, -0.15) is 0 Å². The summed E-state index contributed by atoms with van der Waals surface area (Å²) in [6.07, 6.45) is 1.59. The van der Waals surface area contributed by atoms with Gasteiger partial charge in [0.2, 0.25) is 0 Å². The molecule has 1 rings (SSSR count). The summed E-state index contributed by atoms with van der Waals surface area (Å²) in [7, 11) is 0. The van der Waals surface area contributed by atoms with E-state index in [9.17, 15) is 0 Å². The Labute approximate surface area is 67.2 Å². The van der Waals surface area contributed by atoms with Gasteiger partial charge in [-0.05, 0) is 18.2 Å². The molecule has 1 aromatic carbocycles. The highest BCUT2D eigenvalue weighted by Crippen LogP contribution is 2.16. The second kappa shape index (κ2) is 3.23. The van der Waals surface area contributed by atoms with E-state index in [1.807, 2.05) is 6.07 Å². The number of ether oxygens (including phenoxy) is 1. The van der Waals surface area contributed by atoms with Crippen molar-refractivity contribution in [2.75, 3.05) is 0 Å². The van der Waals surface area contributed by atoms with Crippen LogP contribution in [-0.2, 0) is 0 Å². The average Bonchev–Trinajstić information content (AvgIpc) is 1.88. The summed E-state index contributed by atoms with van der Waals surface area (Å²) in [5, 5.41) is 8.12. The van der Waals surface area contributed by atoms with Gasteiger partial charge in [-0.25, -0.2) is 0 Å². The maximum Gasteiger partial charge on any atom is 0.292 e. The molecule has 0 spiro atoms. The molecule has 0 aliphatic rings. The molecule has 0 radical (unpaired) electrons. The second-order valence-corrected chi connectivity index (χ2v) is 2.57. The highest BCUT2D eigenvalue weighted by Gasteiger charge is 1.91. The van der Waals surface area contributed by atoms with Gasteiger partial charge in [-0.1, -0.05) is 22.0 Å². The van der Waals surface area contributed by atoms with Crippen LogP contribution in [0.1, 0.15) is 0 Å². The van der Waals surface area contributed by atoms with Crippen molar-refractivity contribution in [1.82, 2.24) is 0 Å². The molecule has 0 bridgehead atoms. The van der Waals surface area contributed by atoms with Crippen molar-refractivity contribution < 1.29 is 4.74 Å². The number of hydrogen-bond acceptors (Lipinski definition) is 2. The quantitative estimate of drug-likeness (QED) is 0.648. The Morgan fingerprint density at radius 2 is 2.30 bits per heavy atom. The van der Waals surface area contributed by atoms with E-state index in [2.05, 4.69) is 20.7 Å². The minimum absolute atomic E-state index is 0.553. The SMILES string of the molecule is N#COc1cccc(Br)c1. The van der Waals surface area contributed by atoms with Gasteiger partial charge in [0, 0.05) is 4.47 Å². The van der Waals surface area contributed by atoms with Crippen LogP contribution in [0.2, 0.25) is 0 Å². The van der Waals surface area contributed by atoms with Crippen LogP contribution in [0.5, 0.6) is 5.75 Å². The molecule has 2 nitrogen and oxygen atoms in total. The summed E-state index contributed by atoms with van der Waals surface area (Å²) >= 11 is 3.24. The summed E-state index contributed by atoms with van der Waals surface area (Å²) in [5.41, 5.74) is 0. The molecule has 0 aliphatic heterocycles. The Morgan fingerprint density at radius 3 is 2.90 bits per heavy atom. The smallest absolute Gasteiger partial charge is 0.292 e. The van der Waals surface area contributed by atoms with E-state index in [0.29, 0.717) is 5.75 Å². The van der Waals surface area contributed by atoms with Gasteiger partial charge in [0.25, 0.3) is 6.26 Å². The summed E-state index contributed by atoms with van der Waals surface area (Å²) in [6, 6.07) is 7.11. The first-order valence-electron chi connectivity index (χ1n) is 2.64. The third kappa shape index (κ3) is 1.74. The zero-order chi connectivity index (χ0) is 7.40. The lowest BCUT2D eigenvalue weighted by molar-refractivity contribution is 0.507. The maximum atomic E-state index is 8.12. The Morgan fingerprint density at radius 1 is 1.50 bits per heavy atom. The minimum Gasteiger partial charge on any atom is -0.388 e. The highest BCUT2D eigenvalue weighted by atomic mass is 79.9. The maximum absolute atomic E-state index is 8.12. The number of hydrogen-bond donors (Lipinski definition) is 0. The van der Waals surface area contributed by atoms with Crippen LogP contribution in [0.3, 0.4) is 0 Å². The van der Waals surface area contributed by atoms with Gasteiger partial charge >= 0.3 is 0 Å². The summed E-state index contributed by atoms with van der Waals surface area (Å²) in [5.74, 6) is 0.553. The van der Waals surface area contributed by atoms with Crippen molar-refractivity contribution in [2.45, 2.75) is 0 Å². The summed E-state index contributed by atoms with van der Waals surface area (Å²) < 4.78 is 5.47. The predicted molar refractivity (Wildman–Crippen MR) is 40.4 cm³/mol. The van der Waals surface area contributed by atoms with E-state index in [1.54, 1.807) is 24.5 Å². The Balaban J connectivity index is 2.87. The van der Waals surface area contributed by atoms with E-state index in [1.165, 1.54) is 0 Å². The lowest BCUT2D eigenvalue weighted by Gasteiger charge is -1.93. The third-order valence-electron chi connectivity index (χ3n) is 0.960. The van der Waals surface area contributed by atoms with Crippen LogP contribution in [0.15, 0.2) is 28.7 Å². The molecular weight excluding hydrogens is 194 g/mol. The van der Waals surface area contributed by atoms with Gasteiger partial charge in [-0.3, -0.25) is 0 Å². The van der Waals surface area contributed by atoms with E-state index in [-0.39, 0.29) is 0 Å². The van der Waals surface area contributed by atoms with Crippen molar-refractivity contribution in [3.8, 4) is 12.0 Å². The third-order valence-corrected chi connectivity index (χ3v) is 1.45. The number of nitrogens with zero attached hydrogens (tertiary/aromatic N) is 1. The van der Waals surface area contributed by atoms with Crippen molar-refractivity contribution in [1.29, 1.82) is 5.26 Å². The fourth-order valence-electron chi connectivity index (χ4n) is 0.583. The monoisotopic (exact) mass is 197 g/mol. The van der Waals surface area contributed by atoms with Crippen molar-refractivity contribution in [2.24, 2.45) is 0 Å². The molecule has 0 aromatic heterocycles. The molecule has 50 valence electrons. The Hall–Kier alpha value is -1.01. The first-order chi connectivity index (χ1) is 4.83. The lowest BCUT2D eigenvalue weighted by Crippen LogP contribution is -1.79. The van der Waals surface area contributed by atoms with E-state index in [4.69, 9.17) is 5.26 Å². The molecule has 0 fully saturated rings. The van der Waals surface area contributed by atoms with Crippen molar-refractivity contribution >= 4 is 15.9 Å². The first kappa shape index (κ1) is 7.10. The minimum atomic E-state index is 0.553. The number of halogens is 1. The fraction of sp³-hybridized carbons (Fsp3) is 0. The number of nitriles is 1. The molecule has 0 atom stereocenters. The van der Waals surface area contributed by atoms with E-state index >= 15 is 0 Å². The zero-order valence-electron chi connectivity index (χ0n) is 5.04. The lowest BCUT2D eigenvalue weighted by atomic mass is 10.3. The standard InChI is InChI=1S/C7H4BrNO/c8-6-2-1-3-7(4-6)10-5-9/h1-4H. The Kier molecular flexibility index (Phi) is 2.30. The molecule has 0 heterocycles. The van der Waals surface area contributed by atoms with Crippen molar-refractivity contribution in [3.05, 3.63) is 28.7 Å². The molecule has 3 heteroatoms. The topological polar surface area (TPSA) is 33.0 Å². The molecule has 10 heavy (non-hydrogen) atoms. The van der Waals surface area contributed by atoms with Crippen LogP contribution >= 0.6 is 15.9 Å². The first-order valence-corrected chi connectivity index (χ1v) is 3.44. The average molecular weight is 198 g/mol. The second-order valence-electron chi connectivity index (χ2n) is 1.65. The molecular formula is C7H4BrNO. The molecule has 0 N–H and O–H groups in total.